The maximum atomic E-state index is 12.4. The van der Waals surface area contributed by atoms with Gasteiger partial charge in [0.2, 0.25) is 0 Å². The van der Waals surface area contributed by atoms with Crippen molar-refractivity contribution >= 4 is 34.0 Å². The van der Waals surface area contributed by atoms with Crippen LogP contribution >= 0.6 is 15.9 Å². The van der Waals surface area contributed by atoms with Crippen LogP contribution in [0, 0.1) is 23.7 Å². The van der Waals surface area contributed by atoms with E-state index in [9.17, 15) is 14.7 Å². The molecule has 22 heavy (non-hydrogen) atoms. The van der Waals surface area contributed by atoms with Crippen LogP contribution in [-0.4, -0.2) is 28.1 Å². The standard InChI is InChI=1S/C16H13BrN2O3/c17-11-3-4-12(20)10(6-11)7-18-19-15(21)13-8-1-2-9(5-8)14(13)16(19)22/h1-4,6-9,13-14,20H,5H2/b18-7+/t8-,9+,13-,14+. The van der Waals surface area contributed by atoms with Gasteiger partial charge in [0.05, 0.1) is 18.1 Å². The fourth-order valence-corrected chi connectivity index (χ4v) is 4.13. The van der Waals surface area contributed by atoms with E-state index < -0.39 is 0 Å². The molecule has 1 saturated heterocycles. The fourth-order valence-electron chi connectivity index (χ4n) is 3.75. The smallest absolute Gasteiger partial charge is 0.254 e. The molecule has 1 aliphatic heterocycles. The van der Waals surface area contributed by atoms with Crippen LogP contribution in [0.4, 0.5) is 0 Å². The van der Waals surface area contributed by atoms with Crippen LogP contribution in [0.2, 0.25) is 0 Å². The molecule has 1 aromatic rings. The van der Waals surface area contributed by atoms with Crippen molar-refractivity contribution in [3.05, 3.63) is 40.4 Å². The van der Waals surface area contributed by atoms with Crippen molar-refractivity contribution in [1.29, 1.82) is 0 Å². The number of phenols is 1. The van der Waals surface area contributed by atoms with Crippen molar-refractivity contribution in [2.45, 2.75) is 6.42 Å². The van der Waals surface area contributed by atoms with Crippen LogP contribution < -0.4 is 0 Å². The summed E-state index contributed by atoms with van der Waals surface area (Å²) in [5.41, 5.74) is 0.452. The lowest BCUT2D eigenvalue weighted by Gasteiger charge is -2.13. The molecule has 6 heteroatoms. The molecule has 1 heterocycles. The topological polar surface area (TPSA) is 70.0 Å². The number of fused-ring (bicyclic) bond motifs is 5. The third-order valence-corrected chi connectivity index (χ3v) is 5.24. The van der Waals surface area contributed by atoms with Crippen molar-refractivity contribution in [3.63, 3.8) is 0 Å². The normalized spacial score (nSPS) is 32.5. The molecule has 0 spiro atoms. The summed E-state index contributed by atoms with van der Waals surface area (Å²) in [4.78, 5) is 24.9. The largest absolute Gasteiger partial charge is 0.507 e. The summed E-state index contributed by atoms with van der Waals surface area (Å²) in [6, 6.07) is 4.90. The Balaban J connectivity index is 1.62. The first kappa shape index (κ1) is 13.7. The van der Waals surface area contributed by atoms with Gasteiger partial charge in [-0.1, -0.05) is 28.1 Å². The number of imide groups is 1. The van der Waals surface area contributed by atoms with E-state index in [1.54, 1.807) is 12.1 Å². The van der Waals surface area contributed by atoms with Crippen molar-refractivity contribution in [1.82, 2.24) is 5.01 Å². The summed E-state index contributed by atoms with van der Waals surface area (Å²) in [5, 5.41) is 14.8. The Labute approximate surface area is 135 Å². The summed E-state index contributed by atoms with van der Waals surface area (Å²) < 4.78 is 0.782. The number of aromatic hydroxyl groups is 1. The first-order valence-electron chi connectivity index (χ1n) is 7.15. The molecular formula is C16H13BrN2O3. The number of nitrogens with zero attached hydrogens (tertiary/aromatic N) is 2. The molecule has 0 unspecified atom stereocenters. The minimum absolute atomic E-state index is 0.0491. The monoisotopic (exact) mass is 360 g/mol. The predicted molar refractivity (Wildman–Crippen MR) is 83.0 cm³/mol. The summed E-state index contributed by atoms with van der Waals surface area (Å²) in [5.74, 6) is -0.563. The molecule has 2 amide bonds. The first-order chi connectivity index (χ1) is 10.6. The van der Waals surface area contributed by atoms with E-state index in [0.717, 1.165) is 15.9 Å². The molecule has 0 aromatic heterocycles. The van der Waals surface area contributed by atoms with Gasteiger partial charge in [-0.05, 0) is 36.5 Å². The zero-order chi connectivity index (χ0) is 15.4. The number of allylic oxidation sites excluding steroid dienone is 2. The average Bonchev–Trinajstić information content (AvgIpc) is 3.16. The lowest BCUT2D eigenvalue weighted by Crippen LogP contribution is -2.28. The third kappa shape index (κ3) is 1.86. The minimum Gasteiger partial charge on any atom is -0.507 e. The predicted octanol–water partition coefficient (Wildman–Crippen LogP) is 2.30. The number of hydrogen-bond donors (Lipinski definition) is 1. The van der Waals surface area contributed by atoms with Gasteiger partial charge in [0, 0.05) is 10.0 Å². The molecule has 4 rings (SSSR count). The Morgan fingerprint density at radius 3 is 2.45 bits per heavy atom. The number of carbonyl (C=O) groups is 2. The summed E-state index contributed by atoms with van der Waals surface area (Å²) in [7, 11) is 0. The van der Waals surface area contributed by atoms with Gasteiger partial charge in [0.25, 0.3) is 11.8 Å². The van der Waals surface area contributed by atoms with Gasteiger partial charge in [-0.15, -0.1) is 0 Å². The number of benzene rings is 1. The van der Waals surface area contributed by atoms with Crippen molar-refractivity contribution in [2.24, 2.45) is 28.8 Å². The molecule has 3 aliphatic rings. The molecule has 1 N–H and O–H groups in total. The third-order valence-electron chi connectivity index (χ3n) is 4.75. The number of phenolic OH excluding ortho intramolecular Hbond substituents is 1. The fraction of sp³-hybridized carbons (Fsp3) is 0.312. The number of hydrazone groups is 1. The zero-order valence-electron chi connectivity index (χ0n) is 11.5. The van der Waals surface area contributed by atoms with Crippen LogP contribution in [0.1, 0.15) is 12.0 Å². The average molecular weight is 361 g/mol. The molecule has 112 valence electrons. The molecule has 0 radical (unpaired) electrons. The van der Waals surface area contributed by atoms with Gasteiger partial charge >= 0.3 is 0 Å². The quantitative estimate of drug-likeness (QED) is 0.499. The molecule has 2 aliphatic carbocycles. The highest BCUT2D eigenvalue weighted by molar-refractivity contribution is 9.10. The Hall–Kier alpha value is -1.95. The molecule has 1 aromatic carbocycles. The van der Waals surface area contributed by atoms with E-state index in [-0.39, 0.29) is 41.2 Å². The second kappa shape index (κ2) is 4.78. The number of hydrogen-bond acceptors (Lipinski definition) is 4. The Bertz CT molecular complexity index is 713. The molecule has 2 bridgehead atoms. The van der Waals surface area contributed by atoms with Gasteiger partial charge in [0.1, 0.15) is 5.75 Å². The van der Waals surface area contributed by atoms with Crippen LogP contribution in [0.3, 0.4) is 0 Å². The number of amides is 2. The van der Waals surface area contributed by atoms with Crippen molar-refractivity contribution < 1.29 is 14.7 Å². The van der Waals surface area contributed by atoms with E-state index in [2.05, 4.69) is 21.0 Å². The van der Waals surface area contributed by atoms with E-state index in [1.165, 1.54) is 12.3 Å². The second-order valence-electron chi connectivity index (χ2n) is 5.94. The van der Waals surface area contributed by atoms with Gasteiger partial charge in [-0.2, -0.15) is 10.1 Å². The lowest BCUT2D eigenvalue weighted by molar-refractivity contribution is -0.140. The Morgan fingerprint density at radius 2 is 1.82 bits per heavy atom. The maximum Gasteiger partial charge on any atom is 0.254 e. The highest BCUT2D eigenvalue weighted by atomic mass is 79.9. The number of carbonyl (C=O) groups excluding carboxylic acids is 2. The van der Waals surface area contributed by atoms with Crippen LogP contribution in [0.25, 0.3) is 0 Å². The van der Waals surface area contributed by atoms with E-state index in [1.807, 2.05) is 12.2 Å². The van der Waals surface area contributed by atoms with E-state index in [4.69, 9.17) is 0 Å². The van der Waals surface area contributed by atoms with Crippen LogP contribution in [0.15, 0.2) is 39.9 Å². The minimum atomic E-state index is -0.254. The molecule has 1 saturated carbocycles. The van der Waals surface area contributed by atoms with Gasteiger partial charge in [0.15, 0.2) is 0 Å². The van der Waals surface area contributed by atoms with Gasteiger partial charge in [-0.25, -0.2) is 0 Å². The van der Waals surface area contributed by atoms with Gasteiger partial charge < -0.3 is 5.11 Å². The second-order valence-corrected chi connectivity index (χ2v) is 6.85. The van der Waals surface area contributed by atoms with Crippen LogP contribution in [-0.2, 0) is 9.59 Å². The lowest BCUT2D eigenvalue weighted by atomic mass is 9.85. The maximum absolute atomic E-state index is 12.4. The van der Waals surface area contributed by atoms with Crippen LogP contribution in [0.5, 0.6) is 5.75 Å². The Morgan fingerprint density at radius 1 is 1.18 bits per heavy atom. The van der Waals surface area contributed by atoms with E-state index in [0.29, 0.717) is 5.56 Å². The molecule has 4 atom stereocenters. The highest BCUT2D eigenvalue weighted by Crippen LogP contribution is 2.52. The summed E-state index contributed by atoms with van der Waals surface area (Å²) in [6.07, 6.45) is 6.35. The Kier molecular flexibility index (Phi) is 2.97. The summed E-state index contributed by atoms with van der Waals surface area (Å²) in [6.45, 7) is 0. The van der Waals surface area contributed by atoms with Gasteiger partial charge in [-0.3, -0.25) is 9.59 Å². The summed E-state index contributed by atoms with van der Waals surface area (Å²) >= 11 is 3.31. The highest BCUT2D eigenvalue weighted by Gasteiger charge is 2.59. The van der Waals surface area contributed by atoms with E-state index >= 15 is 0 Å². The zero-order valence-corrected chi connectivity index (χ0v) is 13.1. The number of halogens is 1. The molecule has 5 nitrogen and oxygen atoms in total. The van der Waals surface area contributed by atoms with Crippen molar-refractivity contribution in [3.8, 4) is 5.75 Å². The van der Waals surface area contributed by atoms with Crippen molar-refractivity contribution in [2.75, 3.05) is 0 Å². The SMILES string of the molecule is O=C1[C@@H]2[C@H](C(=O)N1/N=C/c1cc(Br)ccc1O)[C@@H]1C=C[C@H]2C1. The molecule has 2 fully saturated rings. The number of rotatable bonds is 2. The first-order valence-corrected chi connectivity index (χ1v) is 7.94. The molecular weight excluding hydrogens is 348 g/mol.